The summed E-state index contributed by atoms with van der Waals surface area (Å²) >= 11 is 0. The second kappa shape index (κ2) is 23.7. The number of allylic oxidation sites excluding steroid dienone is 9. The van der Waals surface area contributed by atoms with Gasteiger partial charge < -0.3 is 0 Å². The molecule has 0 fully saturated rings. The van der Waals surface area contributed by atoms with Gasteiger partial charge in [-0.25, -0.2) is 0 Å². The van der Waals surface area contributed by atoms with E-state index in [0.29, 0.717) is 0 Å². The van der Waals surface area contributed by atoms with Crippen LogP contribution in [0.3, 0.4) is 0 Å². The lowest BCUT2D eigenvalue weighted by molar-refractivity contribution is 0.536. The van der Waals surface area contributed by atoms with Crippen LogP contribution in [0.15, 0.2) is 54.7 Å². The summed E-state index contributed by atoms with van der Waals surface area (Å²) in [4.78, 5) is 0. The second-order valence-corrected chi connectivity index (χ2v) is 7.16. The molecule has 0 aliphatic heterocycles. The maximum Gasteiger partial charge on any atom is -0.0348 e. The maximum atomic E-state index is 5.24. The summed E-state index contributed by atoms with van der Waals surface area (Å²) in [7, 11) is 0. The van der Waals surface area contributed by atoms with Crippen molar-refractivity contribution in [3.05, 3.63) is 61.3 Å². The molecule has 0 heteroatoms. The summed E-state index contributed by atoms with van der Waals surface area (Å²) in [5.74, 6) is 0. The molecule has 0 nitrogen and oxygen atoms in total. The molecule has 0 aromatic rings. The first-order valence-corrected chi connectivity index (χ1v) is 11.1. The molecule has 0 aliphatic carbocycles. The van der Waals surface area contributed by atoms with Crippen LogP contribution in [0.2, 0.25) is 0 Å². The lowest BCUT2D eigenvalue weighted by Crippen LogP contribution is -1.83. The Kier molecular flexibility index (Phi) is 22.5. The highest BCUT2D eigenvalue weighted by Gasteiger charge is 1.93. The highest BCUT2D eigenvalue weighted by Crippen LogP contribution is 2.13. The van der Waals surface area contributed by atoms with Crippen LogP contribution in [0.25, 0.3) is 0 Å². The Morgan fingerprint density at radius 3 is 1.31 bits per heavy atom. The molecule has 0 heterocycles. The fraction of sp³-hybridized carbons (Fsp3) is 0.615. The van der Waals surface area contributed by atoms with Gasteiger partial charge in [-0.05, 0) is 12.8 Å². The van der Waals surface area contributed by atoms with Crippen molar-refractivity contribution in [3.63, 3.8) is 0 Å². The zero-order chi connectivity index (χ0) is 19.0. The van der Waals surface area contributed by atoms with Gasteiger partial charge >= 0.3 is 0 Å². The van der Waals surface area contributed by atoms with Gasteiger partial charge in [0.2, 0.25) is 0 Å². The van der Waals surface area contributed by atoms with Crippen molar-refractivity contribution in [2.75, 3.05) is 0 Å². The van der Waals surface area contributed by atoms with E-state index < -0.39 is 0 Å². The van der Waals surface area contributed by atoms with Crippen molar-refractivity contribution in [1.29, 1.82) is 0 Å². The highest BCUT2D eigenvalue weighted by molar-refractivity contribution is 5.16. The fourth-order valence-corrected chi connectivity index (χ4v) is 3.02. The van der Waals surface area contributed by atoms with Crippen LogP contribution in [0.4, 0.5) is 0 Å². The van der Waals surface area contributed by atoms with E-state index in [0.717, 1.165) is 0 Å². The molecular formula is C26H43. The lowest BCUT2D eigenvalue weighted by Gasteiger charge is -2.02. The molecule has 0 aromatic heterocycles. The molecule has 0 saturated carbocycles. The third kappa shape index (κ3) is 22.7. The summed E-state index contributed by atoms with van der Waals surface area (Å²) in [6, 6.07) is 0. The van der Waals surface area contributed by atoms with Gasteiger partial charge in [0.25, 0.3) is 0 Å². The standard InChI is InChI=1S/C26H43/c1-3-5-7-9-11-13-15-17-19-21-23-25-26-24-22-20-18-16-14-12-10-8-6-4-2/h1,3,5,7,9,11,13,15,17,19H,4,6,8,10,12,14,16,18,20-26H2,2H3. The summed E-state index contributed by atoms with van der Waals surface area (Å²) in [5.41, 5.74) is 0. The average molecular weight is 356 g/mol. The molecule has 0 rings (SSSR count). The Labute approximate surface area is 164 Å². The van der Waals surface area contributed by atoms with Crippen molar-refractivity contribution in [2.24, 2.45) is 0 Å². The van der Waals surface area contributed by atoms with Gasteiger partial charge in [-0.1, -0.05) is 152 Å². The summed E-state index contributed by atoms with van der Waals surface area (Å²) in [6.07, 6.45) is 39.0. The lowest BCUT2D eigenvalue weighted by atomic mass is 10.0. The predicted octanol–water partition coefficient (Wildman–Crippen LogP) is 9.07. The zero-order valence-electron chi connectivity index (χ0n) is 17.4. The second-order valence-electron chi connectivity index (χ2n) is 7.16. The van der Waals surface area contributed by atoms with Crippen LogP contribution in [0, 0.1) is 6.58 Å². The predicted molar refractivity (Wildman–Crippen MR) is 120 cm³/mol. The Hall–Kier alpha value is -1.30. The normalized spacial score (nSPS) is 12.3. The Morgan fingerprint density at radius 1 is 0.462 bits per heavy atom. The van der Waals surface area contributed by atoms with Gasteiger partial charge in [-0.15, -0.1) is 0 Å². The van der Waals surface area contributed by atoms with Crippen molar-refractivity contribution in [2.45, 2.75) is 103 Å². The Bertz CT molecular complexity index is 381. The van der Waals surface area contributed by atoms with E-state index in [1.54, 1.807) is 0 Å². The molecular weight excluding hydrogens is 312 g/mol. The molecule has 0 N–H and O–H groups in total. The third-order valence-corrected chi connectivity index (χ3v) is 4.64. The van der Waals surface area contributed by atoms with Gasteiger partial charge in [0, 0.05) is 0 Å². The minimum Gasteiger partial charge on any atom is -0.0845 e. The molecule has 0 amide bonds. The summed E-state index contributed by atoms with van der Waals surface area (Å²) in [5, 5.41) is 0. The van der Waals surface area contributed by atoms with E-state index >= 15 is 0 Å². The number of unbranched alkanes of at least 4 members (excludes halogenated alkanes) is 14. The third-order valence-electron chi connectivity index (χ3n) is 4.64. The molecule has 0 aliphatic rings. The molecule has 1 radical (unpaired) electrons. The molecule has 147 valence electrons. The Balaban J connectivity index is 3.20. The van der Waals surface area contributed by atoms with Gasteiger partial charge in [0.05, 0.1) is 0 Å². The van der Waals surface area contributed by atoms with Gasteiger partial charge in [0.1, 0.15) is 0 Å². The SMILES string of the molecule is [CH]=CC=CC=CC=CC=CCCCCCCCCCCCCCCCC. The quantitative estimate of drug-likeness (QED) is 0.160. The molecule has 0 aromatic carbocycles. The molecule has 0 spiro atoms. The van der Waals surface area contributed by atoms with Crippen molar-refractivity contribution in [3.8, 4) is 0 Å². The van der Waals surface area contributed by atoms with Crippen LogP contribution in [-0.2, 0) is 0 Å². The van der Waals surface area contributed by atoms with Crippen molar-refractivity contribution >= 4 is 0 Å². The first-order valence-electron chi connectivity index (χ1n) is 11.1. The highest BCUT2D eigenvalue weighted by atomic mass is 14.0. The maximum absolute atomic E-state index is 5.24. The van der Waals surface area contributed by atoms with E-state index in [4.69, 9.17) is 6.58 Å². The van der Waals surface area contributed by atoms with E-state index in [1.165, 1.54) is 102 Å². The fourth-order valence-electron chi connectivity index (χ4n) is 3.02. The van der Waals surface area contributed by atoms with Crippen LogP contribution in [0.1, 0.15) is 103 Å². The average Bonchev–Trinajstić information content (AvgIpc) is 2.66. The molecule has 0 saturated heterocycles. The van der Waals surface area contributed by atoms with Crippen molar-refractivity contribution < 1.29 is 0 Å². The van der Waals surface area contributed by atoms with Crippen LogP contribution in [-0.4, -0.2) is 0 Å². The number of hydrogen-bond donors (Lipinski definition) is 0. The number of hydrogen-bond acceptors (Lipinski definition) is 0. The molecule has 26 heavy (non-hydrogen) atoms. The Morgan fingerprint density at radius 2 is 0.846 bits per heavy atom. The van der Waals surface area contributed by atoms with E-state index in [1.807, 2.05) is 30.4 Å². The minimum atomic E-state index is 1.20. The largest absolute Gasteiger partial charge is 0.0845 e. The van der Waals surface area contributed by atoms with E-state index in [-0.39, 0.29) is 0 Å². The topological polar surface area (TPSA) is 0 Å². The smallest absolute Gasteiger partial charge is 0.0348 e. The van der Waals surface area contributed by atoms with E-state index in [2.05, 4.69) is 25.2 Å². The van der Waals surface area contributed by atoms with Gasteiger partial charge in [-0.2, -0.15) is 0 Å². The van der Waals surface area contributed by atoms with Crippen LogP contribution in [0.5, 0.6) is 0 Å². The van der Waals surface area contributed by atoms with Crippen LogP contribution >= 0.6 is 0 Å². The molecule has 0 unspecified atom stereocenters. The minimum absolute atomic E-state index is 1.20. The van der Waals surface area contributed by atoms with Gasteiger partial charge in [0.15, 0.2) is 0 Å². The van der Waals surface area contributed by atoms with Gasteiger partial charge in [-0.3, -0.25) is 0 Å². The van der Waals surface area contributed by atoms with Crippen LogP contribution < -0.4 is 0 Å². The zero-order valence-corrected chi connectivity index (χ0v) is 17.4. The number of rotatable bonds is 19. The molecule has 0 bridgehead atoms. The monoisotopic (exact) mass is 355 g/mol. The molecule has 0 atom stereocenters. The summed E-state index contributed by atoms with van der Waals surface area (Å²) < 4.78 is 0. The van der Waals surface area contributed by atoms with E-state index in [9.17, 15) is 0 Å². The first-order chi connectivity index (χ1) is 12.9. The van der Waals surface area contributed by atoms with Crippen molar-refractivity contribution in [1.82, 2.24) is 0 Å². The summed E-state index contributed by atoms with van der Waals surface area (Å²) in [6.45, 7) is 7.53. The first kappa shape index (κ1) is 24.7.